The predicted octanol–water partition coefficient (Wildman–Crippen LogP) is 3.71. The first-order valence-corrected chi connectivity index (χ1v) is 10.4. The minimum Gasteiger partial charge on any atom is -0.361 e. The van der Waals surface area contributed by atoms with Crippen molar-refractivity contribution in [2.75, 3.05) is 6.54 Å². The standard InChI is InChI=1S/C20H19N3O2S2/c1-13-12-27-20(25)23(13)11-19(24)22-10-16(18-7-4-8-26-18)15-9-21-17-6-3-2-5-14(15)17/h2-9,12,16,21H,10-11H2,1H3,(H,22,24). The van der Waals surface area contributed by atoms with E-state index in [0.29, 0.717) is 6.54 Å². The Morgan fingerprint density at radius 3 is 2.81 bits per heavy atom. The van der Waals surface area contributed by atoms with Crippen LogP contribution in [0.15, 0.2) is 58.1 Å². The van der Waals surface area contributed by atoms with E-state index >= 15 is 0 Å². The van der Waals surface area contributed by atoms with Gasteiger partial charge in [0, 0.05) is 45.5 Å². The van der Waals surface area contributed by atoms with Crippen LogP contribution in [0.5, 0.6) is 0 Å². The highest BCUT2D eigenvalue weighted by Crippen LogP contribution is 2.32. The fourth-order valence-corrected chi connectivity index (χ4v) is 4.83. The van der Waals surface area contributed by atoms with Gasteiger partial charge in [-0.2, -0.15) is 0 Å². The summed E-state index contributed by atoms with van der Waals surface area (Å²) in [5.41, 5.74) is 3.06. The maximum Gasteiger partial charge on any atom is 0.307 e. The number of nitrogens with zero attached hydrogens (tertiary/aromatic N) is 1. The number of rotatable bonds is 6. The zero-order chi connectivity index (χ0) is 18.8. The first-order chi connectivity index (χ1) is 13.1. The quantitative estimate of drug-likeness (QED) is 0.521. The highest BCUT2D eigenvalue weighted by atomic mass is 32.1. The van der Waals surface area contributed by atoms with Crippen LogP contribution in [-0.4, -0.2) is 22.0 Å². The minimum absolute atomic E-state index is 0.0548. The van der Waals surface area contributed by atoms with Crippen LogP contribution in [-0.2, 0) is 11.3 Å². The van der Waals surface area contributed by atoms with E-state index in [2.05, 4.69) is 28.5 Å². The molecule has 5 nitrogen and oxygen atoms in total. The number of aromatic amines is 1. The van der Waals surface area contributed by atoms with E-state index in [0.717, 1.165) is 33.5 Å². The predicted molar refractivity (Wildman–Crippen MR) is 111 cm³/mol. The lowest BCUT2D eigenvalue weighted by molar-refractivity contribution is -0.121. The summed E-state index contributed by atoms with van der Waals surface area (Å²) in [7, 11) is 0. The zero-order valence-electron chi connectivity index (χ0n) is 14.8. The number of thiophene rings is 1. The fourth-order valence-electron chi connectivity index (χ4n) is 3.25. The highest BCUT2D eigenvalue weighted by Gasteiger charge is 2.20. The normalized spacial score (nSPS) is 12.3. The molecule has 138 valence electrons. The number of carbonyl (C=O) groups excluding carboxylic acids is 1. The summed E-state index contributed by atoms with van der Waals surface area (Å²) in [5, 5.41) is 8.00. The van der Waals surface area contributed by atoms with Crippen molar-refractivity contribution >= 4 is 39.5 Å². The topological polar surface area (TPSA) is 66.9 Å². The molecule has 0 saturated heterocycles. The molecule has 1 amide bonds. The third-order valence-corrected chi connectivity index (χ3v) is 6.53. The van der Waals surface area contributed by atoms with Gasteiger partial charge in [-0.1, -0.05) is 35.6 Å². The number of amides is 1. The third kappa shape index (κ3) is 3.61. The van der Waals surface area contributed by atoms with E-state index in [1.54, 1.807) is 16.7 Å². The van der Waals surface area contributed by atoms with E-state index < -0.39 is 0 Å². The smallest absolute Gasteiger partial charge is 0.307 e. The average molecular weight is 398 g/mol. The lowest BCUT2D eigenvalue weighted by atomic mass is 9.96. The summed E-state index contributed by atoms with van der Waals surface area (Å²) in [6.45, 7) is 2.38. The fraction of sp³-hybridized carbons (Fsp3) is 0.200. The van der Waals surface area contributed by atoms with Gasteiger partial charge in [-0.15, -0.1) is 11.3 Å². The molecule has 1 aromatic carbocycles. The molecule has 7 heteroatoms. The summed E-state index contributed by atoms with van der Waals surface area (Å²) >= 11 is 2.80. The molecule has 1 unspecified atom stereocenters. The molecule has 0 saturated carbocycles. The number of fused-ring (bicyclic) bond motifs is 1. The maximum atomic E-state index is 12.5. The van der Waals surface area contributed by atoms with Gasteiger partial charge < -0.3 is 10.3 Å². The van der Waals surface area contributed by atoms with Crippen LogP contribution in [0.2, 0.25) is 0 Å². The monoisotopic (exact) mass is 397 g/mol. The molecule has 0 radical (unpaired) electrons. The zero-order valence-corrected chi connectivity index (χ0v) is 16.4. The van der Waals surface area contributed by atoms with Gasteiger partial charge in [-0.05, 0) is 30.0 Å². The van der Waals surface area contributed by atoms with Gasteiger partial charge in [0.25, 0.3) is 0 Å². The van der Waals surface area contributed by atoms with Gasteiger partial charge in [-0.3, -0.25) is 14.2 Å². The van der Waals surface area contributed by atoms with Crippen molar-refractivity contribution in [1.82, 2.24) is 14.9 Å². The molecule has 0 aliphatic carbocycles. The SMILES string of the molecule is Cc1csc(=O)n1CC(=O)NCC(c1cccs1)c1c[nH]c2ccccc12. The molecule has 3 heterocycles. The van der Waals surface area contributed by atoms with E-state index in [9.17, 15) is 9.59 Å². The summed E-state index contributed by atoms with van der Waals surface area (Å²) in [6.07, 6.45) is 2.02. The Labute approximate surface area is 164 Å². The number of aromatic nitrogens is 2. The Balaban J connectivity index is 1.56. The van der Waals surface area contributed by atoms with Crippen LogP contribution in [0.4, 0.5) is 0 Å². The number of hydrogen-bond acceptors (Lipinski definition) is 4. The molecule has 1 atom stereocenters. The molecule has 2 N–H and O–H groups in total. The Bertz CT molecular complexity index is 1120. The number of H-pyrrole nitrogens is 1. The Kier molecular flexibility index (Phi) is 4.96. The van der Waals surface area contributed by atoms with Crippen LogP contribution < -0.4 is 10.2 Å². The molecule has 0 aliphatic heterocycles. The number of para-hydroxylation sites is 1. The molecular weight excluding hydrogens is 378 g/mol. The van der Waals surface area contributed by atoms with Crippen molar-refractivity contribution in [2.24, 2.45) is 0 Å². The molecule has 0 bridgehead atoms. The van der Waals surface area contributed by atoms with Crippen molar-refractivity contribution in [3.8, 4) is 0 Å². The van der Waals surface area contributed by atoms with Gasteiger partial charge in [0.1, 0.15) is 6.54 Å². The number of carbonyl (C=O) groups is 1. The molecule has 4 aromatic rings. The second kappa shape index (κ2) is 7.54. The number of hydrogen-bond donors (Lipinski definition) is 2. The Morgan fingerprint density at radius 2 is 2.07 bits per heavy atom. The van der Waals surface area contributed by atoms with Crippen molar-refractivity contribution in [2.45, 2.75) is 19.4 Å². The second-order valence-electron chi connectivity index (χ2n) is 6.39. The molecular formula is C20H19N3O2S2. The number of thiazole rings is 1. The molecule has 0 aliphatic rings. The number of aryl methyl sites for hydroxylation is 1. The second-order valence-corrected chi connectivity index (χ2v) is 8.19. The van der Waals surface area contributed by atoms with Gasteiger partial charge in [0.15, 0.2) is 0 Å². The first kappa shape index (κ1) is 17.8. The summed E-state index contributed by atoms with van der Waals surface area (Å²) in [5.74, 6) is -0.0922. The molecule has 3 aromatic heterocycles. The molecule has 0 spiro atoms. The van der Waals surface area contributed by atoms with E-state index in [1.165, 1.54) is 9.44 Å². The van der Waals surface area contributed by atoms with E-state index in [-0.39, 0.29) is 23.2 Å². The van der Waals surface area contributed by atoms with Gasteiger partial charge in [0.2, 0.25) is 5.91 Å². The maximum absolute atomic E-state index is 12.5. The first-order valence-electron chi connectivity index (χ1n) is 8.64. The van der Waals surface area contributed by atoms with Crippen LogP contribution >= 0.6 is 22.7 Å². The van der Waals surface area contributed by atoms with Crippen molar-refractivity contribution in [3.63, 3.8) is 0 Å². The lowest BCUT2D eigenvalue weighted by Crippen LogP contribution is -2.33. The van der Waals surface area contributed by atoms with Crippen LogP contribution in [0, 0.1) is 6.92 Å². The van der Waals surface area contributed by atoms with Gasteiger partial charge in [-0.25, -0.2) is 0 Å². The van der Waals surface area contributed by atoms with Gasteiger partial charge >= 0.3 is 4.87 Å². The van der Waals surface area contributed by atoms with E-state index in [4.69, 9.17) is 0 Å². The summed E-state index contributed by atoms with van der Waals surface area (Å²) in [6, 6.07) is 12.3. The molecule has 0 fully saturated rings. The van der Waals surface area contributed by atoms with Gasteiger partial charge in [0.05, 0.1) is 0 Å². The summed E-state index contributed by atoms with van der Waals surface area (Å²) in [4.78, 5) is 28.7. The largest absolute Gasteiger partial charge is 0.361 e. The van der Waals surface area contributed by atoms with Crippen molar-refractivity contribution < 1.29 is 4.79 Å². The summed E-state index contributed by atoms with van der Waals surface area (Å²) < 4.78 is 1.51. The number of nitrogens with one attached hydrogen (secondary N) is 2. The van der Waals surface area contributed by atoms with Crippen LogP contribution in [0.1, 0.15) is 22.1 Å². The van der Waals surface area contributed by atoms with Crippen LogP contribution in [0.25, 0.3) is 10.9 Å². The van der Waals surface area contributed by atoms with Crippen LogP contribution in [0.3, 0.4) is 0 Å². The lowest BCUT2D eigenvalue weighted by Gasteiger charge is -2.16. The highest BCUT2D eigenvalue weighted by molar-refractivity contribution is 7.10. The Hall–Kier alpha value is -2.64. The minimum atomic E-state index is -0.153. The molecule has 4 rings (SSSR count). The molecule has 27 heavy (non-hydrogen) atoms. The third-order valence-electron chi connectivity index (χ3n) is 4.66. The number of benzene rings is 1. The average Bonchev–Trinajstić information content (AvgIpc) is 3.40. The van der Waals surface area contributed by atoms with E-state index in [1.807, 2.05) is 36.7 Å². The van der Waals surface area contributed by atoms with Crippen molar-refractivity contribution in [1.29, 1.82) is 0 Å². The van der Waals surface area contributed by atoms with Crippen molar-refractivity contribution in [3.05, 3.63) is 79.2 Å². The Morgan fingerprint density at radius 1 is 1.22 bits per heavy atom.